The summed E-state index contributed by atoms with van der Waals surface area (Å²) in [5.74, 6) is 1.01. The maximum atomic E-state index is 12.5. The molecule has 1 aliphatic rings. The second-order valence-electron chi connectivity index (χ2n) is 6.98. The van der Waals surface area contributed by atoms with E-state index in [9.17, 15) is 4.79 Å². The van der Waals surface area contributed by atoms with Crippen LogP contribution in [0.1, 0.15) is 59.1 Å². The normalized spacial score (nSPS) is 16.1. The van der Waals surface area contributed by atoms with Crippen LogP contribution in [0.15, 0.2) is 22.9 Å². The number of hydrogen-bond donors (Lipinski definition) is 1. The second kappa shape index (κ2) is 6.88. The molecular weight excluding hydrogens is 342 g/mol. The van der Waals surface area contributed by atoms with Crippen LogP contribution in [0.2, 0.25) is 0 Å². The van der Waals surface area contributed by atoms with Crippen LogP contribution in [0.3, 0.4) is 0 Å². The zero-order chi connectivity index (χ0) is 19.0. The van der Waals surface area contributed by atoms with Crippen molar-refractivity contribution in [2.75, 3.05) is 0 Å². The molecule has 3 aromatic heterocycles. The molecule has 1 unspecified atom stereocenters. The van der Waals surface area contributed by atoms with Gasteiger partial charge in [0.2, 0.25) is 5.91 Å². The Morgan fingerprint density at radius 1 is 1.48 bits per heavy atom. The van der Waals surface area contributed by atoms with E-state index in [2.05, 4.69) is 21.5 Å². The van der Waals surface area contributed by atoms with Crippen molar-refractivity contribution in [3.05, 3.63) is 52.4 Å². The Morgan fingerprint density at radius 2 is 2.33 bits per heavy atom. The first-order valence-corrected chi connectivity index (χ1v) is 9.18. The molecular formula is C20H21N5O2. The molecule has 0 fully saturated rings. The molecule has 0 saturated heterocycles. The minimum Gasteiger partial charge on any atom is -0.469 e. The summed E-state index contributed by atoms with van der Waals surface area (Å²) in [6, 6.07) is 4.10. The number of fused-ring (bicyclic) bond motifs is 2. The Balaban J connectivity index is 1.48. The number of nitriles is 1. The first kappa shape index (κ1) is 17.3. The van der Waals surface area contributed by atoms with Gasteiger partial charge in [0.1, 0.15) is 17.4 Å². The van der Waals surface area contributed by atoms with E-state index < -0.39 is 0 Å². The highest BCUT2D eigenvalue weighted by Crippen LogP contribution is 2.30. The lowest BCUT2D eigenvalue weighted by molar-refractivity contribution is -0.121. The molecule has 1 N–H and O–H groups in total. The molecule has 1 aliphatic carbocycles. The molecule has 0 spiro atoms. The second-order valence-corrected chi connectivity index (χ2v) is 6.98. The molecule has 4 rings (SSSR count). The molecule has 138 valence electrons. The zero-order valence-electron chi connectivity index (χ0n) is 15.5. The predicted octanol–water partition coefficient (Wildman–Crippen LogP) is 2.94. The fraction of sp³-hybridized carbons (Fsp3) is 0.400. The predicted molar refractivity (Wildman–Crippen MR) is 98.0 cm³/mol. The lowest BCUT2D eigenvalue weighted by Crippen LogP contribution is -2.30. The lowest BCUT2D eigenvalue weighted by atomic mass is 9.93. The van der Waals surface area contributed by atoms with E-state index in [1.807, 2.05) is 19.9 Å². The van der Waals surface area contributed by atoms with Gasteiger partial charge in [0.05, 0.1) is 18.5 Å². The van der Waals surface area contributed by atoms with E-state index in [-0.39, 0.29) is 11.9 Å². The molecule has 3 heterocycles. The smallest absolute Gasteiger partial charge is 0.220 e. The van der Waals surface area contributed by atoms with Crippen LogP contribution in [-0.2, 0) is 17.6 Å². The third-order valence-electron chi connectivity index (χ3n) is 5.32. The number of furan rings is 1. The van der Waals surface area contributed by atoms with Crippen molar-refractivity contribution >= 4 is 11.6 Å². The minimum absolute atomic E-state index is 0.0196. The summed E-state index contributed by atoms with van der Waals surface area (Å²) in [5, 5.41) is 16.5. The Kier molecular flexibility index (Phi) is 4.40. The standard InChI is InChI=1S/C20H21N5O2/c1-12-15(13(2)25-20(23-12)14(10-21)11-22-25)6-7-19(26)24-17-4-3-5-18-16(17)8-9-27-18/h8-9,11,17H,3-7H2,1-2H3,(H,24,26). The number of aromatic nitrogens is 3. The molecule has 0 aromatic carbocycles. The summed E-state index contributed by atoms with van der Waals surface area (Å²) in [4.78, 5) is 17.0. The summed E-state index contributed by atoms with van der Waals surface area (Å²) in [6.07, 6.45) is 7.08. The van der Waals surface area contributed by atoms with Gasteiger partial charge in [-0.15, -0.1) is 0 Å². The van der Waals surface area contributed by atoms with Gasteiger partial charge in [-0.05, 0) is 44.7 Å². The number of carbonyl (C=O) groups excluding carboxylic acids is 1. The minimum atomic E-state index is 0.0196. The Labute approximate surface area is 157 Å². The average molecular weight is 363 g/mol. The Bertz CT molecular complexity index is 1060. The van der Waals surface area contributed by atoms with Gasteiger partial charge in [0.25, 0.3) is 0 Å². The summed E-state index contributed by atoms with van der Waals surface area (Å²) < 4.78 is 7.17. The van der Waals surface area contributed by atoms with Crippen LogP contribution in [0.25, 0.3) is 5.65 Å². The fourth-order valence-corrected chi connectivity index (χ4v) is 3.89. The molecule has 0 radical (unpaired) electrons. The first-order chi connectivity index (χ1) is 13.1. The van der Waals surface area contributed by atoms with Gasteiger partial charge in [-0.3, -0.25) is 4.79 Å². The number of rotatable bonds is 4. The van der Waals surface area contributed by atoms with Crippen molar-refractivity contribution in [1.82, 2.24) is 19.9 Å². The molecule has 7 heteroatoms. The van der Waals surface area contributed by atoms with Crippen LogP contribution in [0.5, 0.6) is 0 Å². The third-order valence-corrected chi connectivity index (χ3v) is 5.32. The molecule has 27 heavy (non-hydrogen) atoms. The highest BCUT2D eigenvalue weighted by atomic mass is 16.3. The van der Waals surface area contributed by atoms with Gasteiger partial charge >= 0.3 is 0 Å². The van der Waals surface area contributed by atoms with Crippen molar-refractivity contribution in [2.24, 2.45) is 0 Å². The monoisotopic (exact) mass is 363 g/mol. The topological polar surface area (TPSA) is 96.2 Å². The van der Waals surface area contributed by atoms with E-state index in [4.69, 9.17) is 9.68 Å². The van der Waals surface area contributed by atoms with Crippen molar-refractivity contribution < 1.29 is 9.21 Å². The highest BCUT2D eigenvalue weighted by molar-refractivity contribution is 5.77. The van der Waals surface area contributed by atoms with Gasteiger partial charge in [-0.2, -0.15) is 10.4 Å². The van der Waals surface area contributed by atoms with Crippen LogP contribution in [0.4, 0.5) is 0 Å². The van der Waals surface area contributed by atoms with Gasteiger partial charge in [0, 0.05) is 29.8 Å². The van der Waals surface area contributed by atoms with Crippen LogP contribution >= 0.6 is 0 Å². The summed E-state index contributed by atoms with van der Waals surface area (Å²) in [5.41, 5.74) is 4.87. The van der Waals surface area contributed by atoms with Crippen molar-refractivity contribution in [3.63, 3.8) is 0 Å². The zero-order valence-corrected chi connectivity index (χ0v) is 15.5. The molecule has 1 atom stereocenters. The van der Waals surface area contributed by atoms with Gasteiger partial charge in [-0.1, -0.05) is 0 Å². The molecule has 0 aliphatic heterocycles. The first-order valence-electron chi connectivity index (χ1n) is 9.18. The Hall–Kier alpha value is -3.14. The van der Waals surface area contributed by atoms with Gasteiger partial charge in [-0.25, -0.2) is 9.50 Å². The summed E-state index contributed by atoms with van der Waals surface area (Å²) in [6.45, 7) is 3.86. The Morgan fingerprint density at radius 3 is 3.15 bits per heavy atom. The number of hydrogen-bond acceptors (Lipinski definition) is 5. The van der Waals surface area contributed by atoms with Gasteiger partial charge < -0.3 is 9.73 Å². The quantitative estimate of drug-likeness (QED) is 0.769. The SMILES string of the molecule is Cc1nc2c(C#N)cnn2c(C)c1CCC(=O)NC1CCCc2occc21. The van der Waals surface area contributed by atoms with Gasteiger partial charge in [0.15, 0.2) is 5.65 Å². The number of aryl methyl sites for hydroxylation is 3. The number of carbonyl (C=O) groups is 1. The number of amides is 1. The maximum Gasteiger partial charge on any atom is 0.220 e. The van der Waals surface area contributed by atoms with E-state index in [0.29, 0.717) is 24.1 Å². The van der Waals surface area contributed by atoms with Crippen molar-refractivity contribution in [3.8, 4) is 6.07 Å². The van der Waals surface area contributed by atoms with E-state index in [1.54, 1.807) is 10.8 Å². The maximum absolute atomic E-state index is 12.5. The largest absolute Gasteiger partial charge is 0.469 e. The van der Waals surface area contributed by atoms with E-state index in [1.165, 1.54) is 6.20 Å². The number of nitrogens with zero attached hydrogens (tertiary/aromatic N) is 4. The van der Waals surface area contributed by atoms with E-state index >= 15 is 0 Å². The number of nitrogens with one attached hydrogen (secondary N) is 1. The van der Waals surface area contributed by atoms with E-state index in [0.717, 1.165) is 47.5 Å². The molecule has 7 nitrogen and oxygen atoms in total. The highest BCUT2D eigenvalue weighted by Gasteiger charge is 2.24. The molecule has 0 bridgehead atoms. The molecule has 3 aromatic rings. The lowest BCUT2D eigenvalue weighted by Gasteiger charge is -2.22. The third kappa shape index (κ3) is 3.08. The average Bonchev–Trinajstić information content (AvgIpc) is 3.28. The molecule has 1 amide bonds. The van der Waals surface area contributed by atoms with Crippen LogP contribution in [-0.4, -0.2) is 20.5 Å². The van der Waals surface area contributed by atoms with Crippen LogP contribution < -0.4 is 5.32 Å². The van der Waals surface area contributed by atoms with Crippen molar-refractivity contribution in [2.45, 2.75) is 52.0 Å². The van der Waals surface area contributed by atoms with Crippen molar-refractivity contribution in [1.29, 1.82) is 5.26 Å². The summed E-state index contributed by atoms with van der Waals surface area (Å²) >= 11 is 0. The fourth-order valence-electron chi connectivity index (χ4n) is 3.89. The van der Waals surface area contributed by atoms with Crippen LogP contribution in [0, 0.1) is 25.2 Å². The molecule has 0 saturated carbocycles. The summed E-state index contributed by atoms with van der Waals surface area (Å²) in [7, 11) is 0.